The van der Waals surface area contributed by atoms with E-state index in [1.54, 1.807) is 6.07 Å². The number of hydrogen-bond acceptors (Lipinski definition) is 3. The second kappa shape index (κ2) is 6.01. The SMILES string of the molecule is CC(C)Nc1cc(Br)cc(F)c1CC(=O)C1CCO1. The van der Waals surface area contributed by atoms with Crippen LogP contribution in [0.3, 0.4) is 0 Å². The maximum absolute atomic E-state index is 14.0. The maximum Gasteiger partial charge on any atom is 0.166 e. The summed E-state index contributed by atoms with van der Waals surface area (Å²) < 4.78 is 19.8. The molecule has 0 bridgehead atoms. The van der Waals surface area contributed by atoms with Crippen LogP contribution in [0.15, 0.2) is 16.6 Å². The summed E-state index contributed by atoms with van der Waals surface area (Å²) in [5.74, 6) is -0.426. The number of ether oxygens (including phenoxy) is 1. The molecular formula is C14H17BrFNO2. The smallest absolute Gasteiger partial charge is 0.166 e. The summed E-state index contributed by atoms with van der Waals surface area (Å²) in [6, 6.07) is 3.35. The molecule has 5 heteroatoms. The largest absolute Gasteiger partial charge is 0.383 e. The second-order valence-electron chi connectivity index (χ2n) is 5.00. The average Bonchev–Trinajstić information content (AvgIpc) is 2.19. The van der Waals surface area contributed by atoms with Crippen molar-refractivity contribution in [2.45, 2.75) is 38.8 Å². The molecule has 0 aromatic heterocycles. The van der Waals surface area contributed by atoms with Crippen molar-refractivity contribution in [2.24, 2.45) is 0 Å². The summed E-state index contributed by atoms with van der Waals surface area (Å²) in [5, 5.41) is 3.17. The molecule has 0 aliphatic carbocycles. The topological polar surface area (TPSA) is 38.3 Å². The third-order valence-electron chi connectivity index (χ3n) is 3.01. The van der Waals surface area contributed by atoms with Crippen molar-refractivity contribution < 1.29 is 13.9 Å². The van der Waals surface area contributed by atoms with Gasteiger partial charge in [0.2, 0.25) is 0 Å². The van der Waals surface area contributed by atoms with Crippen LogP contribution >= 0.6 is 15.9 Å². The highest BCUT2D eigenvalue weighted by Crippen LogP contribution is 2.27. The summed E-state index contributed by atoms with van der Waals surface area (Å²) in [7, 11) is 0. The van der Waals surface area contributed by atoms with Gasteiger partial charge in [-0.05, 0) is 26.0 Å². The van der Waals surface area contributed by atoms with E-state index in [4.69, 9.17) is 4.74 Å². The standard InChI is InChI=1S/C14H17BrFNO2/c1-8(2)17-12-6-9(15)5-11(16)10(12)7-13(18)14-3-4-19-14/h5-6,8,14,17H,3-4,7H2,1-2H3. The quantitative estimate of drug-likeness (QED) is 0.900. The molecule has 1 fully saturated rings. The number of rotatable bonds is 5. The normalized spacial score (nSPS) is 18.3. The second-order valence-corrected chi connectivity index (χ2v) is 5.92. The highest BCUT2D eigenvalue weighted by atomic mass is 79.9. The van der Waals surface area contributed by atoms with Gasteiger partial charge in [-0.2, -0.15) is 0 Å². The molecule has 0 spiro atoms. The van der Waals surface area contributed by atoms with E-state index in [0.717, 1.165) is 6.42 Å². The average molecular weight is 330 g/mol. The number of ketones is 1. The van der Waals surface area contributed by atoms with Gasteiger partial charge in [0, 0.05) is 34.6 Å². The van der Waals surface area contributed by atoms with Gasteiger partial charge in [-0.3, -0.25) is 4.79 Å². The fraction of sp³-hybridized carbons (Fsp3) is 0.500. The Balaban J connectivity index is 2.23. The first-order valence-electron chi connectivity index (χ1n) is 6.36. The van der Waals surface area contributed by atoms with E-state index in [2.05, 4.69) is 21.2 Å². The van der Waals surface area contributed by atoms with E-state index in [9.17, 15) is 9.18 Å². The van der Waals surface area contributed by atoms with Crippen molar-refractivity contribution in [1.82, 2.24) is 0 Å². The van der Waals surface area contributed by atoms with Crippen LogP contribution < -0.4 is 5.32 Å². The Kier molecular flexibility index (Phi) is 4.58. The number of carbonyl (C=O) groups excluding carboxylic acids is 1. The van der Waals surface area contributed by atoms with Crippen LogP contribution in [0.5, 0.6) is 0 Å². The van der Waals surface area contributed by atoms with E-state index in [1.165, 1.54) is 6.07 Å². The Hall–Kier alpha value is -0.940. The Bertz CT molecular complexity index is 487. The number of benzene rings is 1. The van der Waals surface area contributed by atoms with Gasteiger partial charge in [0.25, 0.3) is 0 Å². The Morgan fingerprint density at radius 3 is 2.79 bits per heavy atom. The van der Waals surface area contributed by atoms with Crippen molar-refractivity contribution in [3.05, 3.63) is 28.0 Å². The molecule has 1 aliphatic heterocycles. The van der Waals surface area contributed by atoms with Gasteiger partial charge in [-0.15, -0.1) is 0 Å². The minimum atomic E-state index is -0.370. The number of anilines is 1. The van der Waals surface area contributed by atoms with E-state index in [0.29, 0.717) is 22.3 Å². The zero-order chi connectivity index (χ0) is 14.0. The van der Waals surface area contributed by atoms with Crippen LogP contribution in [0, 0.1) is 5.82 Å². The predicted octanol–water partition coefficient (Wildman–Crippen LogP) is 3.31. The van der Waals surface area contributed by atoms with Gasteiger partial charge in [-0.25, -0.2) is 4.39 Å². The molecule has 1 aromatic rings. The summed E-state index contributed by atoms with van der Waals surface area (Å²) in [5.41, 5.74) is 1.08. The minimum Gasteiger partial charge on any atom is -0.383 e. The molecule has 1 N–H and O–H groups in total. The van der Waals surface area contributed by atoms with E-state index in [1.807, 2.05) is 13.8 Å². The summed E-state index contributed by atoms with van der Waals surface area (Å²) >= 11 is 3.27. The number of hydrogen-bond donors (Lipinski definition) is 1. The zero-order valence-corrected chi connectivity index (χ0v) is 12.6. The Labute approximate surface area is 120 Å². The van der Waals surface area contributed by atoms with Gasteiger partial charge in [0.1, 0.15) is 11.9 Å². The van der Waals surface area contributed by atoms with Gasteiger partial charge >= 0.3 is 0 Å². The predicted molar refractivity (Wildman–Crippen MR) is 75.9 cm³/mol. The summed E-state index contributed by atoms with van der Waals surface area (Å²) in [4.78, 5) is 11.9. The highest BCUT2D eigenvalue weighted by molar-refractivity contribution is 9.10. The molecule has 1 aromatic carbocycles. The summed E-state index contributed by atoms with van der Waals surface area (Å²) in [6.45, 7) is 4.56. The van der Waals surface area contributed by atoms with Gasteiger partial charge in [0.05, 0.1) is 6.61 Å². The number of Topliss-reactive ketones (excluding diaryl/α,β-unsaturated/α-hetero) is 1. The third kappa shape index (κ3) is 3.54. The fourth-order valence-corrected chi connectivity index (χ4v) is 2.43. The first kappa shape index (κ1) is 14.5. The molecule has 3 nitrogen and oxygen atoms in total. The van der Waals surface area contributed by atoms with Gasteiger partial charge in [-0.1, -0.05) is 15.9 Å². The van der Waals surface area contributed by atoms with Crippen LogP contribution in [-0.2, 0) is 16.0 Å². The molecule has 2 rings (SSSR count). The molecule has 104 valence electrons. The molecule has 1 aliphatic rings. The fourth-order valence-electron chi connectivity index (χ4n) is 2.00. The van der Waals surface area contributed by atoms with Crippen LogP contribution in [0.4, 0.5) is 10.1 Å². The Morgan fingerprint density at radius 1 is 1.58 bits per heavy atom. The van der Waals surface area contributed by atoms with Crippen molar-refractivity contribution in [1.29, 1.82) is 0 Å². The molecule has 1 atom stereocenters. The van der Waals surface area contributed by atoms with E-state index in [-0.39, 0.29) is 30.2 Å². The Morgan fingerprint density at radius 2 is 2.26 bits per heavy atom. The molecule has 0 saturated carbocycles. The first-order valence-corrected chi connectivity index (χ1v) is 7.15. The number of nitrogens with one attached hydrogen (secondary N) is 1. The van der Waals surface area contributed by atoms with Crippen LogP contribution in [-0.4, -0.2) is 24.5 Å². The lowest BCUT2D eigenvalue weighted by atomic mass is 9.99. The van der Waals surface area contributed by atoms with Crippen LogP contribution in [0.2, 0.25) is 0 Å². The van der Waals surface area contributed by atoms with E-state index >= 15 is 0 Å². The van der Waals surface area contributed by atoms with Gasteiger partial charge in [0.15, 0.2) is 5.78 Å². The van der Waals surface area contributed by atoms with Crippen molar-refractivity contribution >= 4 is 27.4 Å². The summed E-state index contributed by atoms with van der Waals surface area (Å²) in [6.07, 6.45) is 0.456. The molecular weight excluding hydrogens is 313 g/mol. The first-order chi connectivity index (χ1) is 8.97. The zero-order valence-electron chi connectivity index (χ0n) is 11.0. The van der Waals surface area contributed by atoms with Gasteiger partial charge < -0.3 is 10.1 Å². The lowest BCUT2D eigenvalue weighted by Crippen LogP contribution is -2.36. The third-order valence-corrected chi connectivity index (χ3v) is 3.47. The molecule has 0 amide bonds. The monoisotopic (exact) mass is 329 g/mol. The van der Waals surface area contributed by atoms with Crippen molar-refractivity contribution in [2.75, 3.05) is 11.9 Å². The van der Waals surface area contributed by atoms with Crippen LogP contribution in [0.1, 0.15) is 25.8 Å². The molecule has 1 unspecified atom stereocenters. The van der Waals surface area contributed by atoms with E-state index < -0.39 is 0 Å². The highest BCUT2D eigenvalue weighted by Gasteiger charge is 2.27. The lowest BCUT2D eigenvalue weighted by molar-refractivity contribution is -0.141. The van der Waals surface area contributed by atoms with Crippen LogP contribution in [0.25, 0.3) is 0 Å². The van der Waals surface area contributed by atoms with Crippen molar-refractivity contribution in [3.8, 4) is 0 Å². The number of carbonyl (C=O) groups is 1. The molecule has 1 heterocycles. The molecule has 19 heavy (non-hydrogen) atoms. The molecule has 1 saturated heterocycles. The van der Waals surface area contributed by atoms with Crippen molar-refractivity contribution in [3.63, 3.8) is 0 Å². The lowest BCUT2D eigenvalue weighted by Gasteiger charge is -2.25. The maximum atomic E-state index is 14.0. The number of halogens is 2. The molecule has 0 radical (unpaired) electrons. The minimum absolute atomic E-state index is 0.0562.